The fraction of sp³-hybridized carbons (Fsp3) is 0.522. The predicted molar refractivity (Wildman–Crippen MR) is 118 cm³/mol. The molecule has 0 aliphatic carbocycles. The Morgan fingerprint density at radius 3 is 2.74 bits per heavy atom. The van der Waals surface area contributed by atoms with Crippen LogP contribution >= 0.6 is 0 Å². The van der Waals surface area contributed by atoms with E-state index in [2.05, 4.69) is 27.8 Å². The molecule has 0 spiro atoms. The molecule has 0 radical (unpaired) electrons. The number of benzene rings is 1. The van der Waals surface area contributed by atoms with E-state index in [0.717, 1.165) is 44.6 Å². The van der Waals surface area contributed by atoms with Crippen LogP contribution in [0.4, 0.5) is 0 Å². The summed E-state index contributed by atoms with van der Waals surface area (Å²) in [4.78, 5) is 4.86. The molecular formula is C23H30N4O3S. The molecule has 1 unspecified atom stereocenters. The number of aromatic nitrogens is 1. The SMILES string of the molecule is O=S(=O)(c1cc(CC2NCc3ccccc32)ncc1OCC1CCNCC1)N1CCC1. The van der Waals surface area contributed by atoms with Crippen molar-refractivity contribution in [2.24, 2.45) is 5.92 Å². The van der Waals surface area contributed by atoms with E-state index in [1.807, 2.05) is 12.1 Å². The first-order valence-electron chi connectivity index (χ1n) is 11.2. The largest absolute Gasteiger partial charge is 0.490 e. The summed E-state index contributed by atoms with van der Waals surface area (Å²) in [5, 5.41) is 6.87. The number of rotatable bonds is 7. The van der Waals surface area contributed by atoms with Crippen molar-refractivity contribution in [2.75, 3.05) is 32.8 Å². The van der Waals surface area contributed by atoms with Gasteiger partial charge in [0.1, 0.15) is 4.90 Å². The molecule has 1 atom stereocenters. The zero-order chi connectivity index (χ0) is 21.3. The second-order valence-corrected chi connectivity index (χ2v) is 10.6. The first kappa shape index (κ1) is 20.9. The van der Waals surface area contributed by atoms with Gasteiger partial charge in [0.05, 0.1) is 12.8 Å². The Balaban J connectivity index is 1.39. The van der Waals surface area contributed by atoms with E-state index >= 15 is 0 Å². The smallest absolute Gasteiger partial charge is 0.246 e. The van der Waals surface area contributed by atoms with Crippen LogP contribution in [0.5, 0.6) is 5.75 Å². The van der Waals surface area contributed by atoms with Gasteiger partial charge in [0.25, 0.3) is 0 Å². The second-order valence-electron chi connectivity index (χ2n) is 8.72. The number of hydrogen-bond donors (Lipinski definition) is 2. The molecule has 166 valence electrons. The third-order valence-electron chi connectivity index (χ3n) is 6.64. The lowest BCUT2D eigenvalue weighted by Crippen LogP contribution is -2.42. The maximum absolute atomic E-state index is 13.3. The first-order chi connectivity index (χ1) is 15.1. The molecule has 5 rings (SSSR count). The molecule has 8 heteroatoms. The molecule has 7 nitrogen and oxygen atoms in total. The lowest BCUT2D eigenvalue weighted by Gasteiger charge is -2.30. The van der Waals surface area contributed by atoms with Crippen LogP contribution in [-0.2, 0) is 23.0 Å². The highest BCUT2D eigenvalue weighted by atomic mass is 32.2. The summed E-state index contributed by atoms with van der Waals surface area (Å²) < 4.78 is 34.1. The average molecular weight is 443 g/mol. The molecule has 1 aromatic heterocycles. The number of sulfonamides is 1. The zero-order valence-electron chi connectivity index (χ0n) is 17.7. The van der Waals surface area contributed by atoms with E-state index < -0.39 is 10.0 Å². The van der Waals surface area contributed by atoms with Crippen LogP contribution < -0.4 is 15.4 Å². The van der Waals surface area contributed by atoms with Crippen LogP contribution in [0.2, 0.25) is 0 Å². The van der Waals surface area contributed by atoms with Crippen molar-refractivity contribution in [1.82, 2.24) is 19.9 Å². The van der Waals surface area contributed by atoms with Gasteiger partial charge < -0.3 is 15.4 Å². The number of piperidine rings is 1. The lowest BCUT2D eigenvalue weighted by atomic mass is 9.99. The van der Waals surface area contributed by atoms with Crippen LogP contribution in [0.1, 0.15) is 42.1 Å². The van der Waals surface area contributed by atoms with Crippen molar-refractivity contribution >= 4 is 10.0 Å². The highest BCUT2D eigenvalue weighted by molar-refractivity contribution is 7.89. The van der Waals surface area contributed by atoms with E-state index in [4.69, 9.17) is 4.74 Å². The molecule has 2 N–H and O–H groups in total. The number of nitrogens with one attached hydrogen (secondary N) is 2. The Labute approximate surface area is 184 Å². The van der Waals surface area contributed by atoms with Gasteiger partial charge in [-0.1, -0.05) is 24.3 Å². The first-order valence-corrected chi connectivity index (χ1v) is 12.7. The van der Waals surface area contributed by atoms with Gasteiger partial charge in [-0.05, 0) is 55.5 Å². The second kappa shape index (κ2) is 8.86. The third kappa shape index (κ3) is 4.35. The van der Waals surface area contributed by atoms with Gasteiger partial charge in [-0.15, -0.1) is 0 Å². The lowest BCUT2D eigenvalue weighted by molar-refractivity contribution is 0.209. The van der Waals surface area contributed by atoms with Crippen LogP contribution in [0, 0.1) is 5.92 Å². The molecule has 4 heterocycles. The number of nitrogens with zero attached hydrogens (tertiary/aromatic N) is 2. The van der Waals surface area contributed by atoms with Gasteiger partial charge >= 0.3 is 0 Å². The quantitative estimate of drug-likeness (QED) is 0.684. The zero-order valence-corrected chi connectivity index (χ0v) is 18.5. The monoisotopic (exact) mass is 442 g/mol. The fourth-order valence-electron chi connectivity index (χ4n) is 4.58. The summed E-state index contributed by atoms with van der Waals surface area (Å²) in [6.45, 7) is 4.48. The Morgan fingerprint density at radius 2 is 1.97 bits per heavy atom. The number of ether oxygens (including phenoxy) is 1. The minimum Gasteiger partial charge on any atom is -0.490 e. The van der Waals surface area contributed by atoms with Gasteiger partial charge in [-0.2, -0.15) is 4.31 Å². The van der Waals surface area contributed by atoms with E-state index in [1.54, 1.807) is 12.3 Å². The van der Waals surface area contributed by atoms with Crippen molar-refractivity contribution in [3.05, 3.63) is 53.3 Å². The molecule has 0 bridgehead atoms. The Hall–Kier alpha value is -2.00. The minimum atomic E-state index is -3.57. The van der Waals surface area contributed by atoms with Gasteiger partial charge in [-0.3, -0.25) is 4.98 Å². The van der Waals surface area contributed by atoms with Gasteiger partial charge in [-0.25, -0.2) is 8.42 Å². The van der Waals surface area contributed by atoms with Crippen LogP contribution in [-0.4, -0.2) is 50.5 Å². The maximum Gasteiger partial charge on any atom is 0.246 e. The van der Waals surface area contributed by atoms with Crippen molar-refractivity contribution in [1.29, 1.82) is 0 Å². The maximum atomic E-state index is 13.3. The molecule has 2 fully saturated rings. The standard InChI is InChI=1S/C23H30N4O3S/c28-31(29,27-10-3-11-27)23-13-19(12-21-20-5-2-1-4-18(20)14-26-21)25-15-22(23)30-16-17-6-8-24-9-7-17/h1-2,4-5,13,15,17,21,24,26H,3,6-12,14,16H2. The van der Waals surface area contributed by atoms with E-state index in [0.29, 0.717) is 37.8 Å². The molecule has 3 aliphatic rings. The summed E-state index contributed by atoms with van der Waals surface area (Å²) in [5.41, 5.74) is 3.33. The molecule has 2 aromatic rings. The van der Waals surface area contributed by atoms with Gasteiger partial charge in [0.15, 0.2) is 5.75 Å². The van der Waals surface area contributed by atoms with Crippen molar-refractivity contribution in [2.45, 2.75) is 43.2 Å². The molecule has 1 aromatic carbocycles. The predicted octanol–water partition coefficient (Wildman–Crippen LogP) is 2.24. The third-order valence-corrected chi connectivity index (χ3v) is 8.56. The Kier molecular flexibility index (Phi) is 5.97. The molecular weight excluding hydrogens is 412 g/mol. The van der Waals surface area contributed by atoms with Gasteiger partial charge in [0.2, 0.25) is 10.0 Å². The molecule has 0 amide bonds. The van der Waals surface area contributed by atoms with Crippen molar-refractivity contribution < 1.29 is 13.2 Å². The topological polar surface area (TPSA) is 83.6 Å². The summed E-state index contributed by atoms with van der Waals surface area (Å²) in [6.07, 6.45) is 5.27. The highest BCUT2D eigenvalue weighted by Crippen LogP contribution is 2.33. The van der Waals surface area contributed by atoms with E-state index in [-0.39, 0.29) is 10.9 Å². The van der Waals surface area contributed by atoms with Crippen LogP contribution in [0.15, 0.2) is 41.4 Å². The number of fused-ring (bicyclic) bond motifs is 1. The molecule has 31 heavy (non-hydrogen) atoms. The van der Waals surface area contributed by atoms with Crippen molar-refractivity contribution in [3.63, 3.8) is 0 Å². The molecule has 3 aliphatic heterocycles. The number of pyridine rings is 1. The Bertz CT molecular complexity index is 1030. The van der Waals surface area contributed by atoms with Crippen molar-refractivity contribution in [3.8, 4) is 5.75 Å². The normalized spacial score (nSPS) is 22.1. The minimum absolute atomic E-state index is 0.143. The fourth-order valence-corrected chi connectivity index (χ4v) is 6.25. The van der Waals surface area contributed by atoms with E-state index in [1.165, 1.54) is 15.4 Å². The van der Waals surface area contributed by atoms with Crippen LogP contribution in [0.25, 0.3) is 0 Å². The summed E-state index contributed by atoms with van der Waals surface area (Å²) in [6, 6.07) is 10.2. The number of hydrogen-bond acceptors (Lipinski definition) is 6. The highest BCUT2D eigenvalue weighted by Gasteiger charge is 2.33. The molecule has 0 saturated carbocycles. The summed E-state index contributed by atoms with van der Waals surface area (Å²) >= 11 is 0. The summed E-state index contributed by atoms with van der Waals surface area (Å²) in [7, 11) is -3.57. The van der Waals surface area contributed by atoms with Crippen LogP contribution in [0.3, 0.4) is 0 Å². The van der Waals surface area contributed by atoms with E-state index in [9.17, 15) is 8.42 Å². The molecule has 2 saturated heterocycles. The van der Waals surface area contributed by atoms with Gasteiger partial charge in [0, 0.05) is 37.8 Å². The Morgan fingerprint density at radius 1 is 1.16 bits per heavy atom. The average Bonchev–Trinajstić information content (AvgIpc) is 3.15. The summed E-state index contributed by atoms with van der Waals surface area (Å²) in [5.74, 6) is 0.827.